The number of fused-ring (bicyclic) bond motifs is 6. The maximum Gasteiger partial charge on any atom is 0.145 e. The van der Waals surface area contributed by atoms with Crippen molar-refractivity contribution in [3.63, 3.8) is 0 Å². The van der Waals surface area contributed by atoms with Crippen molar-refractivity contribution < 1.29 is 0 Å². The Morgan fingerprint density at radius 2 is 1.00 bits per heavy atom. The van der Waals surface area contributed by atoms with E-state index >= 15 is 0 Å². The molecule has 200 valence electrons. The highest BCUT2D eigenvalue weighted by Crippen LogP contribution is 2.45. The maximum absolute atomic E-state index is 5.25. The van der Waals surface area contributed by atoms with Gasteiger partial charge in [-0.3, -0.25) is 4.57 Å². The fourth-order valence-corrected chi connectivity index (χ4v) is 6.54. The van der Waals surface area contributed by atoms with Crippen LogP contribution in [0.15, 0.2) is 152 Å². The number of hydrogen-bond acceptors (Lipinski definition) is 2. The van der Waals surface area contributed by atoms with E-state index in [0.29, 0.717) is 0 Å². The minimum absolute atomic E-state index is 0.942. The molecule has 1 aliphatic rings. The molecule has 0 bridgehead atoms. The number of hydrogen-bond donors (Lipinski definition) is 0. The molecule has 9 rings (SSSR count). The average Bonchev–Trinajstić information content (AvgIpc) is 3.42. The molecular formula is C40H25N3. The minimum Gasteiger partial charge on any atom is -0.291 e. The smallest absolute Gasteiger partial charge is 0.145 e. The number of nitrogens with zero attached hydrogens (tertiary/aromatic N) is 3. The molecule has 0 fully saturated rings. The summed E-state index contributed by atoms with van der Waals surface area (Å²) in [5, 5.41) is 1.15. The van der Waals surface area contributed by atoms with Crippen LogP contribution >= 0.6 is 0 Å². The number of benzene rings is 6. The van der Waals surface area contributed by atoms with Gasteiger partial charge in [0, 0.05) is 27.6 Å². The molecule has 3 heterocycles. The molecule has 2 aromatic heterocycles. The van der Waals surface area contributed by atoms with E-state index in [-0.39, 0.29) is 0 Å². The number of imidazole rings is 1. The van der Waals surface area contributed by atoms with Gasteiger partial charge >= 0.3 is 0 Å². The van der Waals surface area contributed by atoms with Gasteiger partial charge in [-0.05, 0) is 58.7 Å². The minimum atomic E-state index is 0.942. The van der Waals surface area contributed by atoms with E-state index in [1.54, 1.807) is 0 Å². The Bertz CT molecular complexity index is 2360. The third-order valence-electron chi connectivity index (χ3n) is 8.54. The third kappa shape index (κ3) is 3.75. The van der Waals surface area contributed by atoms with Crippen molar-refractivity contribution >= 4 is 21.9 Å². The van der Waals surface area contributed by atoms with Gasteiger partial charge in [-0.2, -0.15) is 0 Å². The second-order valence-electron chi connectivity index (χ2n) is 11.1. The summed E-state index contributed by atoms with van der Waals surface area (Å²) in [7, 11) is 0. The van der Waals surface area contributed by atoms with E-state index in [0.717, 1.165) is 61.4 Å². The number of para-hydroxylation sites is 3. The van der Waals surface area contributed by atoms with E-state index in [9.17, 15) is 0 Å². The van der Waals surface area contributed by atoms with Gasteiger partial charge in [-0.25, -0.2) is 9.97 Å². The molecule has 0 aliphatic carbocycles. The second kappa shape index (κ2) is 9.37. The lowest BCUT2D eigenvalue weighted by molar-refractivity contribution is 1.11. The number of aromatic nitrogens is 3. The summed E-state index contributed by atoms with van der Waals surface area (Å²) in [6.45, 7) is 0. The SMILES string of the molecule is c1cc(-c2cccc(-c3nc4cccc5c4n3-c3ccccc3-c3ccccc3-5)c2)cc(-c2ccc3ccccc3n2)c1. The van der Waals surface area contributed by atoms with E-state index in [1.165, 1.54) is 22.3 Å². The molecule has 0 N–H and O–H groups in total. The first-order valence-corrected chi connectivity index (χ1v) is 14.6. The third-order valence-corrected chi connectivity index (χ3v) is 8.54. The van der Waals surface area contributed by atoms with Crippen molar-refractivity contribution in [3.05, 3.63) is 152 Å². The van der Waals surface area contributed by atoms with E-state index < -0.39 is 0 Å². The van der Waals surface area contributed by atoms with E-state index in [2.05, 4.69) is 144 Å². The first kappa shape index (κ1) is 23.9. The molecule has 3 heteroatoms. The molecule has 1 aliphatic heterocycles. The first-order chi connectivity index (χ1) is 21.3. The molecule has 0 saturated heterocycles. The molecule has 0 spiro atoms. The lowest BCUT2D eigenvalue weighted by atomic mass is 9.94. The maximum atomic E-state index is 5.25. The van der Waals surface area contributed by atoms with Crippen LogP contribution in [0.3, 0.4) is 0 Å². The molecular weight excluding hydrogens is 522 g/mol. The van der Waals surface area contributed by atoms with Gasteiger partial charge < -0.3 is 0 Å². The normalized spacial score (nSPS) is 11.7. The Labute approximate surface area is 249 Å². The fraction of sp³-hybridized carbons (Fsp3) is 0. The largest absolute Gasteiger partial charge is 0.291 e. The first-order valence-electron chi connectivity index (χ1n) is 14.6. The highest BCUT2D eigenvalue weighted by Gasteiger charge is 2.25. The Balaban J connectivity index is 1.22. The Hall–Kier alpha value is -5.80. The zero-order valence-corrected chi connectivity index (χ0v) is 23.3. The zero-order valence-electron chi connectivity index (χ0n) is 23.3. The monoisotopic (exact) mass is 547 g/mol. The predicted octanol–water partition coefficient (Wildman–Crippen LogP) is 10.2. The second-order valence-corrected chi connectivity index (χ2v) is 11.1. The molecule has 0 saturated carbocycles. The Morgan fingerprint density at radius 1 is 0.395 bits per heavy atom. The predicted molar refractivity (Wildman–Crippen MR) is 177 cm³/mol. The Morgan fingerprint density at radius 3 is 1.86 bits per heavy atom. The van der Waals surface area contributed by atoms with Crippen molar-refractivity contribution in [1.82, 2.24) is 14.5 Å². The molecule has 6 aromatic carbocycles. The van der Waals surface area contributed by atoms with Crippen LogP contribution in [-0.2, 0) is 0 Å². The highest BCUT2D eigenvalue weighted by atomic mass is 15.1. The van der Waals surface area contributed by atoms with Gasteiger partial charge in [0.25, 0.3) is 0 Å². The van der Waals surface area contributed by atoms with Crippen molar-refractivity contribution in [1.29, 1.82) is 0 Å². The standard InChI is InChI=1S/C40H25N3/c1-5-19-35-26(10-1)22-23-36(41-35)29-13-7-11-27(24-29)28-12-8-14-30(25-28)40-42-37-20-9-18-34-32-16-3-2-15-31(32)33-17-4-6-21-38(33)43(40)39(34)37/h1-25H. The topological polar surface area (TPSA) is 30.7 Å². The van der Waals surface area contributed by atoms with Crippen LogP contribution in [0.25, 0.3) is 83.6 Å². The van der Waals surface area contributed by atoms with E-state index in [1.807, 2.05) is 12.1 Å². The van der Waals surface area contributed by atoms with Crippen LogP contribution in [0.5, 0.6) is 0 Å². The molecule has 3 nitrogen and oxygen atoms in total. The summed E-state index contributed by atoms with van der Waals surface area (Å²) < 4.78 is 2.36. The van der Waals surface area contributed by atoms with Gasteiger partial charge in [0.15, 0.2) is 0 Å². The lowest BCUT2D eigenvalue weighted by Gasteiger charge is -2.14. The summed E-state index contributed by atoms with van der Waals surface area (Å²) >= 11 is 0. The number of pyridine rings is 1. The molecule has 0 unspecified atom stereocenters. The van der Waals surface area contributed by atoms with Crippen LogP contribution in [0.4, 0.5) is 0 Å². The van der Waals surface area contributed by atoms with E-state index in [4.69, 9.17) is 9.97 Å². The molecule has 0 amide bonds. The zero-order chi connectivity index (χ0) is 28.3. The highest BCUT2D eigenvalue weighted by molar-refractivity contribution is 6.03. The van der Waals surface area contributed by atoms with Crippen molar-refractivity contribution in [3.8, 4) is 61.7 Å². The summed E-state index contributed by atoms with van der Waals surface area (Å²) in [4.78, 5) is 10.2. The molecule has 0 atom stereocenters. The number of rotatable bonds is 3. The Kier molecular flexibility index (Phi) is 5.20. The van der Waals surface area contributed by atoms with Crippen molar-refractivity contribution in [2.75, 3.05) is 0 Å². The fourth-order valence-electron chi connectivity index (χ4n) is 6.54. The molecule has 8 aromatic rings. The van der Waals surface area contributed by atoms with Crippen LogP contribution in [0.1, 0.15) is 0 Å². The summed E-state index contributed by atoms with van der Waals surface area (Å²) in [5.74, 6) is 0.942. The van der Waals surface area contributed by atoms with Crippen molar-refractivity contribution in [2.24, 2.45) is 0 Å². The van der Waals surface area contributed by atoms with Crippen LogP contribution in [0, 0.1) is 0 Å². The van der Waals surface area contributed by atoms with Gasteiger partial charge in [-0.1, -0.05) is 115 Å². The molecule has 0 radical (unpaired) electrons. The van der Waals surface area contributed by atoms with Gasteiger partial charge in [0.1, 0.15) is 5.82 Å². The molecule has 43 heavy (non-hydrogen) atoms. The summed E-state index contributed by atoms with van der Waals surface area (Å²) in [5.41, 5.74) is 14.6. The average molecular weight is 548 g/mol. The summed E-state index contributed by atoms with van der Waals surface area (Å²) in [6, 6.07) is 53.7. The van der Waals surface area contributed by atoms with Gasteiger partial charge in [0.05, 0.1) is 27.9 Å². The lowest BCUT2D eigenvalue weighted by Crippen LogP contribution is -1.99. The van der Waals surface area contributed by atoms with Crippen LogP contribution < -0.4 is 0 Å². The van der Waals surface area contributed by atoms with Crippen molar-refractivity contribution in [2.45, 2.75) is 0 Å². The quantitative estimate of drug-likeness (QED) is 0.220. The van der Waals surface area contributed by atoms with Gasteiger partial charge in [-0.15, -0.1) is 0 Å². The van der Waals surface area contributed by atoms with Gasteiger partial charge in [0.2, 0.25) is 0 Å². The van der Waals surface area contributed by atoms with Crippen LogP contribution in [0.2, 0.25) is 0 Å². The van der Waals surface area contributed by atoms with Crippen LogP contribution in [-0.4, -0.2) is 14.5 Å². The summed E-state index contributed by atoms with van der Waals surface area (Å²) in [6.07, 6.45) is 0.